The molecule has 2 saturated carbocycles. The van der Waals surface area contributed by atoms with E-state index in [1.807, 2.05) is 6.07 Å². The van der Waals surface area contributed by atoms with Gasteiger partial charge in [0.1, 0.15) is 0 Å². The predicted molar refractivity (Wildman–Crippen MR) is 68.4 cm³/mol. The van der Waals surface area contributed by atoms with Crippen molar-refractivity contribution in [1.29, 1.82) is 5.26 Å². The van der Waals surface area contributed by atoms with Crippen molar-refractivity contribution >= 4 is 18.3 Å². The maximum absolute atomic E-state index is 12.1. The van der Waals surface area contributed by atoms with E-state index in [0.29, 0.717) is 19.3 Å². The zero-order valence-corrected chi connectivity index (χ0v) is 10.9. The highest BCUT2D eigenvalue weighted by Crippen LogP contribution is 2.44. The summed E-state index contributed by atoms with van der Waals surface area (Å²) >= 11 is 0. The first kappa shape index (κ1) is 14.8. The maximum Gasteiger partial charge on any atom is 0.325 e. The molecule has 1 amide bonds. The Labute approximate surface area is 113 Å². The van der Waals surface area contributed by atoms with Crippen molar-refractivity contribution in [1.82, 2.24) is 5.32 Å². The van der Waals surface area contributed by atoms with Crippen LogP contribution in [-0.4, -0.2) is 17.1 Å². The van der Waals surface area contributed by atoms with Crippen LogP contribution in [0.5, 0.6) is 0 Å². The number of nitriles is 1. The largest absolute Gasteiger partial charge is 0.325 e. The molecular weight excluding hydrogens is 252 g/mol. The van der Waals surface area contributed by atoms with Gasteiger partial charge in [0.2, 0.25) is 5.91 Å². The van der Waals surface area contributed by atoms with Crippen LogP contribution in [-0.2, 0) is 4.79 Å². The Morgan fingerprint density at radius 2 is 2.06 bits per heavy atom. The lowest BCUT2D eigenvalue weighted by Gasteiger charge is -2.31. The Balaban J connectivity index is 0.00000162. The smallest absolute Gasteiger partial charge is 0.317 e. The first-order chi connectivity index (χ1) is 8.06. The number of hydrogen-bond donors (Lipinski definition) is 2. The van der Waals surface area contributed by atoms with Gasteiger partial charge in [-0.2, -0.15) is 5.26 Å². The summed E-state index contributed by atoms with van der Waals surface area (Å²) in [5.41, 5.74) is 4.26. The average molecular weight is 269 g/mol. The summed E-state index contributed by atoms with van der Waals surface area (Å²) in [6.07, 6.45) is 4.79. The van der Waals surface area contributed by atoms with Gasteiger partial charge in [-0.05, 0) is 12.8 Å². The highest BCUT2D eigenvalue weighted by molar-refractivity contribution is 5.87. The molecule has 2 rings (SSSR count). The summed E-state index contributed by atoms with van der Waals surface area (Å²) in [6, 6.07) is 2.03. The van der Waals surface area contributed by atoms with Gasteiger partial charge in [-0.15, -0.1) is 12.4 Å². The van der Waals surface area contributed by atoms with Gasteiger partial charge in [-0.1, -0.05) is 19.3 Å². The van der Waals surface area contributed by atoms with Crippen molar-refractivity contribution in [3.05, 3.63) is 11.4 Å². The number of carbonyl (C=O) groups is 1. The Bertz CT molecular complexity index is 419. The number of amides is 1. The molecule has 2 aliphatic carbocycles. The van der Waals surface area contributed by atoms with Gasteiger partial charge in [0.15, 0.2) is 5.92 Å². The summed E-state index contributed by atoms with van der Waals surface area (Å²) < 4.78 is 0. The molecule has 5 nitrogen and oxygen atoms in total. The summed E-state index contributed by atoms with van der Waals surface area (Å²) in [4.78, 5) is 15.5. The van der Waals surface area contributed by atoms with E-state index >= 15 is 0 Å². The van der Waals surface area contributed by atoms with E-state index in [9.17, 15) is 4.79 Å². The van der Waals surface area contributed by atoms with E-state index in [1.165, 1.54) is 0 Å². The SMILES string of the molecule is Cl.[C-]#[N+]C1(NC(=O)C2(N)CCCCC2)CC1C#N. The zero-order chi connectivity index (χ0) is 12.5. The third-order valence-electron chi connectivity index (χ3n) is 3.81. The van der Waals surface area contributed by atoms with Crippen LogP contribution < -0.4 is 11.1 Å². The van der Waals surface area contributed by atoms with E-state index < -0.39 is 11.2 Å². The predicted octanol–water partition coefficient (Wildman–Crippen LogP) is 1.35. The summed E-state index contributed by atoms with van der Waals surface area (Å²) in [5.74, 6) is -0.637. The summed E-state index contributed by atoms with van der Waals surface area (Å²) in [6.45, 7) is 7.09. The van der Waals surface area contributed by atoms with Crippen molar-refractivity contribution in [2.75, 3.05) is 0 Å². The maximum atomic E-state index is 12.1. The van der Waals surface area contributed by atoms with Crippen molar-refractivity contribution in [2.45, 2.75) is 49.7 Å². The third kappa shape index (κ3) is 2.43. The molecular formula is C12H17ClN4O. The first-order valence-corrected chi connectivity index (χ1v) is 5.96. The van der Waals surface area contributed by atoms with Crippen molar-refractivity contribution < 1.29 is 4.79 Å². The lowest BCUT2D eigenvalue weighted by atomic mass is 9.82. The van der Waals surface area contributed by atoms with E-state index in [1.54, 1.807) is 0 Å². The highest BCUT2D eigenvalue weighted by Gasteiger charge is 2.65. The van der Waals surface area contributed by atoms with Crippen LogP contribution in [0.1, 0.15) is 38.5 Å². The van der Waals surface area contributed by atoms with Gasteiger partial charge >= 0.3 is 5.66 Å². The Morgan fingerprint density at radius 3 is 2.50 bits per heavy atom. The molecule has 0 heterocycles. The minimum absolute atomic E-state index is 0. The normalized spacial score (nSPS) is 32.3. The van der Waals surface area contributed by atoms with Crippen LogP contribution in [0.15, 0.2) is 0 Å². The van der Waals surface area contributed by atoms with Crippen LogP contribution >= 0.6 is 12.4 Å². The van der Waals surface area contributed by atoms with E-state index in [0.717, 1.165) is 19.3 Å². The number of rotatable bonds is 2. The lowest BCUT2D eigenvalue weighted by Crippen LogP contribution is -2.57. The molecule has 2 fully saturated rings. The zero-order valence-electron chi connectivity index (χ0n) is 10.1. The standard InChI is InChI=1S/C12H16N4O.ClH/c1-15-12(7-9(12)8-13)16-10(17)11(14)5-3-2-4-6-11;/h9H,2-7,14H2,(H,16,17);1H. The fourth-order valence-electron chi connectivity index (χ4n) is 2.43. The third-order valence-corrected chi connectivity index (χ3v) is 3.81. The van der Waals surface area contributed by atoms with Crippen LogP contribution in [0.4, 0.5) is 0 Å². The lowest BCUT2D eigenvalue weighted by molar-refractivity contribution is -0.128. The number of nitrogens with one attached hydrogen (secondary N) is 1. The van der Waals surface area contributed by atoms with Gasteiger partial charge in [-0.25, -0.2) is 6.57 Å². The molecule has 0 aromatic carbocycles. The molecule has 0 aromatic rings. The second kappa shape index (κ2) is 5.14. The second-order valence-electron chi connectivity index (χ2n) is 5.09. The number of hydrogen-bond acceptors (Lipinski definition) is 3. The molecule has 0 spiro atoms. The number of carbonyl (C=O) groups excluding carboxylic acids is 1. The first-order valence-electron chi connectivity index (χ1n) is 5.96. The van der Waals surface area contributed by atoms with Gasteiger partial charge in [-0.3, -0.25) is 15.0 Å². The van der Waals surface area contributed by atoms with Crippen LogP contribution in [0.25, 0.3) is 4.85 Å². The Morgan fingerprint density at radius 1 is 1.44 bits per heavy atom. The van der Waals surface area contributed by atoms with Gasteiger partial charge in [0.25, 0.3) is 0 Å². The molecule has 0 aliphatic heterocycles. The van der Waals surface area contributed by atoms with E-state index in [-0.39, 0.29) is 24.2 Å². The second-order valence-corrected chi connectivity index (χ2v) is 5.09. The molecule has 0 saturated heterocycles. The minimum atomic E-state index is -0.990. The molecule has 0 radical (unpaired) electrons. The number of halogens is 1. The fourth-order valence-corrected chi connectivity index (χ4v) is 2.43. The molecule has 2 atom stereocenters. The minimum Gasteiger partial charge on any atom is -0.317 e. The molecule has 3 N–H and O–H groups in total. The van der Waals surface area contributed by atoms with Crippen molar-refractivity contribution in [2.24, 2.45) is 11.7 Å². The number of nitrogens with zero attached hydrogens (tertiary/aromatic N) is 2. The quantitative estimate of drug-likeness (QED) is 0.742. The van der Waals surface area contributed by atoms with Crippen LogP contribution in [0, 0.1) is 23.8 Å². The molecule has 0 bridgehead atoms. The van der Waals surface area contributed by atoms with E-state index in [2.05, 4.69) is 10.2 Å². The summed E-state index contributed by atoms with van der Waals surface area (Å²) in [7, 11) is 0. The molecule has 2 unspecified atom stereocenters. The van der Waals surface area contributed by atoms with Crippen molar-refractivity contribution in [3.63, 3.8) is 0 Å². The van der Waals surface area contributed by atoms with E-state index in [4.69, 9.17) is 17.6 Å². The Kier molecular flexibility index (Phi) is 4.21. The Hall–Kier alpha value is -1.30. The monoisotopic (exact) mass is 268 g/mol. The highest BCUT2D eigenvalue weighted by atomic mass is 35.5. The molecule has 2 aliphatic rings. The number of nitrogens with two attached hydrogens (primary N) is 1. The van der Waals surface area contributed by atoms with Crippen LogP contribution in [0.2, 0.25) is 0 Å². The van der Waals surface area contributed by atoms with Crippen LogP contribution in [0.3, 0.4) is 0 Å². The van der Waals surface area contributed by atoms with Gasteiger partial charge in [0.05, 0.1) is 18.0 Å². The molecule has 6 heteroatoms. The average Bonchev–Trinajstić information content (AvgIpc) is 3.04. The molecule has 0 aromatic heterocycles. The fraction of sp³-hybridized carbons (Fsp3) is 0.750. The molecule has 18 heavy (non-hydrogen) atoms. The topological polar surface area (TPSA) is 83.3 Å². The summed E-state index contributed by atoms with van der Waals surface area (Å²) in [5, 5.41) is 11.5. The van der Waals surface area contributed by atoms with Gasteiger partial charge in [0, 0.05) is 0 Å². The van der Waals surface area contributed by atoms with Gasteiger partial charge < -0.3 is 5.73 Å². The molecule has 98 valence electrons. The van der Waals surface area contributed by atoms with Crippen molar-refractivity contribution in [3.8, 4) is 6.07 Å².